The maximum atomic E-state index is 11.8. The normalized spacial score (nSPS) is 11.4. The highest BCUT2D eigenvalue weighted by molar-refractivity contribution is 9.10. The molecule has 0 amide bonds. The van der Waals surface area contributed by atoms with Crippen LogP contribution in [0.15, 0.2) is 40.0 Å². The Hall–Kier alpha value is -1.54. The van der Waals surface area contributed by atoms with Crippen molar-refractivity contribution in [3.8, 4) is 0 Å². The Balaban J connectivity index is 2.30. The summed E-state index contributed by atoms with van der Waals surface area (Å²) < 4.78 is 26.7. The lowest BCUT2D eigenvalue weighted by Gasteiger charge is -2.07. The lowest BCUT2D eigenvalue weighted by Crippen LogP contribution is -2.13. The van der Waals surface area contributed by atoms with E-state index < -0.39 is 10.0 Å². The van der Waals surface area contributed by atoms with Crippen molar-refractivity contribution in [2.24, 2.45) is 0 Å². The smallest absolute Gasteiger partial charge is 0.278 e. The molecule has 0 unspecified atom stereocenters. The van der Waals surface area contributed by atoms with Gasteiger partial charge in [-0.15, -0.1) is 0 Å². The number of nitrogens with two attached hydrogens (primary N) is 1. The van der Waals surface area contributed by atoms with Crippen molar-refractivity contribution in [2.75, 3.05) is 10.5 Å². The zero-order valence-electron chi connectivity index (χ0n) is 8.51. The summed E-state index contributed by atoms with van der Waals surface area (Å²) in [6.07, 6.45) is 1.37. The fraction of sp³-hybridized carbons (Fsp3) is 0. The van der Waals surface area contributed by atoms with Crippen LogP contribution in [0.4, 0.5) is 11.4 Å². The molecule has 0 saturated heterocycles. The van der Waals surface area contributed by atoms with Gasteiger partial charge in [0.2, 0.25) is 0 Å². The molecule has 8 heteroatoms. The molecule has 1 heterocycles. The molecule has 0 aliphatic rings. The summed E-state index contributed by atoms with van der Waals surface area (Å²) in [5.41, 5.74) is 6.50. The lowest BCUT2D eigenvalue weighted by atomic mass is 10.3. The fourth-order valence-electron chi connectivity index (χ4n) is 1.21. The number of nitrogens with zero attached hydrogens (tertiary/aromatic N) is 1. The number of anilines is 2. The van der Waals surface area contributed by atoms with Crippen LogP contribution in [0.25, 0.3) is 0 Å². The van der Waals surface area contributed by atoms with Gasteiger partial charge in [-0.1, -0.05) is 0 Å². The minimum atomic E-state index is -3.64. The summed E-state index contributed by atoms with van der Waals surface area (Å²) in [5, 5.41) is 5.97. The highest BCUT2D eigenvalue weighted by Gasteiger charge is 2.15. The SMILES string of the molecule is Nc1cc(NS(=O)(=O)c2ccn[nH]2)ccc1Br. The molecule has 0 radical (unpaired) electrons. The summed E-state index contributed by atoms with van der Waals surface area (Å²) in [4.78, 5) is 0. The molecule has 0 aliphatic heterocycles. The highest BCUT2D eigenvalue weighted by atomic mass is 79.9. The summed E-state index contributed by atoms with van der Waals surface area (Å²) in [6, 6.07) is 6.16. The molecule has 6 nitrogen and oxygen atoms in total. The molecule has 1 aromatic heterocycles. The minimum absolute atomic E-state index is 0.000935. The van der Waals surface area contributed by atoms with Crippen molar-refractivity contribution >= 4 is 37.3 Å². The molecule has 1 aromatic carbocycles. The average molecular weight is 317 g/mol. The molecule has 17 heavy (non-hydrogen) atoms. The molecule has 2 rings (SSSR count). The maximum absolute atomic E-state index is 11.8. The van der Waals surface area contributed by atoms with Gasteiger partial charge >= 0.3 is 0 Å². The van der Waals surface area contributed by atoms with Crippen LogP contribution in [0.2, 0.25) is 0 Å². The Morgan fingerprint density at radius 2 is 2.12 bits per heavy atom. The Morgan fingerprint density at radius 3 is 2.71 bits per heavy atom. The second-order valence-electron chi connectivity index (χ2n) is 3.26. The van der Waals surface area contributed by atoms with Crippen molar-refractivity contribution in [1.29, 1.82) is 0 Å². The third-order valence-corrected chi connectivity index (χ3v) is 4.05. The molecule has 4 N–H and O–H groups in total. The van der Waals surface area contributed by atoms with E-state index in [-0.39, 0.29) is 5.03 Å². The number of aromatic nitrogens is 2. The molecule has 0 spiro atoms. The number of nitrogens with one attached hydrogen (secondary N) is 2. The van der Waals surface area contributed by atoms with E-state index in [2.05, 4.69) is 30.8 Å². The van der Waals surface area contributed by atoms with E-state index in [1.807, 2.05) is 0 Å². The van der Waals surface area contributed by atoms with Gasteiger partial charge in [0.1, 0.15) is 0 Å². The van der Waals surface area contributed by atoms with E-state index in [0.717, 1.165) is 0 Å². The number of hydrogen-bond donors (Lipinski definition) is 3. The number of nitrogen functional groups attached to an aromatic ring is 1. The third kappa shape index (κ3) is 2.59. The standard InChI is InChI=1S/C9H9BrN4O2S/c10-7-2-1-6(5-8(7)11)14-17(15,16)9-3-4-12-13-9/h1-5,14H,11H2,(H,12,13). The van der Waals surface area contributed by atoms with Crippen LogP contribution < -0.4 is 10.5 Å². The van der Waals surface area contributed by atoms with Gasteiger partial charge in [-0.05, 0) is 40.2 Å². The molecule has 0 atom stereocenters. The highest BCUT2D eigenvalue weighted by Crippen LogP contribution is 2.24. The number of H-pyrrole nitrogens is 1. The molecule has 0 fully saturated rings. The van der Waals surface area contributed by atoms with Crippen LogP contribution in [0.3, 0.4) is 0 Å². The Labute approximate surface area is 106 Å². The Bertz CT molecular complexity index is 624. The Morgan fingerprint density at radius 1 is 1.35 bits per heavy atom. The first kappa shape index (κ1) is 11.9. The number of hydrogen-bond acceptors (Lipinski definition) is 4. The average Bonchev–Trinajstić information content (AvgIpc) is 2.77. The van der Waals surface area contributed by atoms with Gasteiger partial charge in [-0.3, -0.25) is 9.82 Å². The molecular formula is C9H9BrN4O2S. The zero-order valence-corrected chi connectivity index (χ0v) is 10.9. The first-order valence-corrected chi connectivity index (χ1v) is 6.84. The van der Waals surface area contributed by atoms with Crippen LogP contribution in [-0.2, 0) is 10.0 Å². The maximum Gasteiger partial charge on any atom is 0.278 e. The molecule has 0 bridgehead atoms. The topological polar surface area (TPSA) is 101 Å². The van der Waals surface area contributed by atoms with E-state index in [4.69, 9.17) is 5.73 Å². The van der Waals surface area contributed by atoms with E-state index in [0.29, 0.717) is 15.8 Å². The molecule has 0 aliphatic carbocycles. The van der Waals surface area contributed by atoms with Gasteiger partial charge < -0.3 is 5.73 Å². The predicted molar refractivity (Wildman–Crippen MR) is 68.0 cm³/mol. The van der Waals surface area contributed by atoms with Crippen LogP contribution in [-0.4, -0.2) is 18.6 Å². The van der Waals surface area contributed by atoms with E-state index in [1.54, 1.807) is 12.1 Å². The van der Waals surface area contributed by atoms with Gasteiger partial charge in [-0.2, -0.15) is 13.5 Å². The van der Waals surface area contributed by atoms with Gasteiger partial charge in [0.05, 0.1) is 11.9 Å². The van der Waals surface area contributed by atoms with Crippen LogP contribution >= 0.6 is 15.9 Å². The molecule has 0 saturated carbocycles. The van der Waals surface area contributed by atoms with Crippen LogP contribution in [0.1, 0.15) is 0 Å². The van der Waals surface area contributed by atoms with Gasteiger partial charge in [0.15, 0.2) is 5.03 Å². The van der Waals surface area contributed by atoms with Gasteiger partial charge in [0, 0.05) is 10.2 Å². The molecule has 2 aromatic rings. The minimum Gasteiger partial charge on any atom is -0.398 e. The Kier molecular flexibility index (Phi) is 3.07. The second kappa shape index (κ2) is 4.38. The summed E-state index contributed by atoms with van der Waals surface area (Å²) in [6.45, 7) is 0. The second-order valence-corrected chi connectivity index (χ2v) is 5.77. The number of benzene rings is 1. The first-order chi connectivity index (χ1) is 7.99. The molecule has 90 valence electrons. The predicted octanol–water partition coefficient (Wildman–Crippen LogP) is 1.56. The van der Waals surface area contributed by atoms with Crippen molar-refractivity contribution in [1.82, 2.24) is 10.2 Å². The van der Waals surface area contributed by atoms with E-state index >= 15 is 0 Å². The number of sulfonamides is 1. The van der Waals surface area contributed by atoms with Gasteiger partial charge in [0.25, 0.3) is 10.0 Å². The van der Waals surface area contributed by atoms with Crippen molar-refractivity contribution < 1.29 is 8.42 Å². The largest absolute Gasteiger partial charge is 0.398 e. The monoisotopic (exact) mass is 316 g/mol. The number of aromatic amines is 1. The summed E-state index contributed by atoms with van der Waals surface area (Å²) in [5.74, 6) is 0. The first-order valence-electron chi connectivity index (χ1n) is 4.56. The fourth-order valence-corrected chi connectivity index (χ4v) is 2.42. The van der Waals surface area contributed by atoms with Crippen LogP contribution in [0, 0.1) is 0 Å². The van der Waals surface area contributed by atoms with Crippen molar-refractivity contribution in [3.05, 3.63) is 34.9 Å². The number of halogens is 1. The summed E-state index contributed by atoms with van der Waals surface area (Å²) in [7, 11) is -3.64. The van der Waals surface area contributed by atoms with Crippen LogP contribution in [0.5, 0.6) is 0 Å². The van der Waals surface area contributed by atoms with Crippen molar-refractivity contribution in [3.63, 3.8) is 0 Å². The van der Waals surface area contributed by atoms with Gasteiger partial charge in [-0.25, -0.2) is 0 Å². The summed E-state index contributed by atoms with van der Waals surface area (Å²) >= 11 is 3.23. The third-order valence-electron chi connectivity index (χ3n) is 2.01. The van der Waals surface area contributed by atoms with E-state index in [1.165, 1.54) is 18.3 Å². The molecular weight excluding hydrogens is 308 g/mol. The quantitative estimate of drug-likeness (QED) is 0.748. The van der Waals surface area contributed by atoms with E-state index in [9.17, 15) is 8.42 Å². The number of rotatable bonds is 3. The van der Waals surface area contributed by atoms with Crippen molar-refractivity contribution in [2.45, 2.75) is 5.03 Å². The lowest BCUT2D eigenvalue weighted by molar-refractivity contribution is 0.597. The zero-order chi connectivity index (χ0) is 12.5.